The van der Waals surface area contributed by atoms with E-state index in [1.165, 1.54) is 30.5 Å². The molecule has 0 radical (unpaired) electrons. The van der Waals surface area contributed by atoms with Gasteiger partial charge in [-0.1, -0.05) is 17.7 Å². The average Bonchev–Trinajstić information content (AvgIpc) is 3.00. The summed E-state index contributed by atoms with van der Waals surface area (Å²) in [6.45, 7) is 2.34. The molecule has 0 aliphatic carbocycles. The van der Waals surface area contributed by atoms with Gasteiger partial charge >= 0.3 is 6.03 Å². The number of urea groups is 1. The van der Waals surface area contributed by atoms with Crippen LogP contribution in [0.15, 0.2) is 47.4 Å². The van der Waals surface area contributed by atoms with Gasteiger partial charge in [-0.2, -0.15) is 4.31 Å². The van der Waals surface area contributed by atoms with Gasteiger partial charge in [-0.05, 0) is 42.8 Å². The Morgan fingerprint density at radius 1 is 1.00 bits per heavy atom. The maximum Gasteiger partial charge on any atom is 0.321 e. The summed E-state index contributed by atoms with van der Waals surface area (Å²) in [4.78, 5) is 25.6. The second-order valence-corrected chi connectivity index (χ2v) is 9.57. The van der Waals surface area contributed by atoms with Gasteiger partial charge in [0.1, 0.15) is 10.6 Å². The normalized spacial score (nSPS) is 15.0. The van der Waals surface area contributed by atoms with Crippen LogP contribution in [0, 0.1) is 0 Å². The number of sulfonamides is 1. The van der Waals surface area contributed by atoms with Crippen molar-refractivity contribution in [3.05, 3.63) is 47.5 Å². The third-order valence-corrected chi connectivity index (χ3v) is 7.07. The first-order valence-corrected chi connectivity index (χ1v) is 11.8. The van der Waals surface area contributed by atoms with Crippen LogP contribution in [0.2, 0.25) is 5.02 Å². The molecule has 1 fully saturated rings. The van der Waals surface area contributed by atoms with Crippen LogP contribution in [-0.4, -0.2) is 62.9 Å². The minimum absolute atomic E-state index is 0.0388. The molecule has 3 amide bonds. The zero-order valence-electron chi connectivity index (χ0n) is 17.8. The number of amides is 3. The van der Waals surface area contributed by atoms with E-state index in [-0.39, 0.29) is 42.2 Å². The van der Waals surface area contributed by atoms with Gasteiger partial charge in [0.2, 0.25) is 15.9 Å². The van der Waals surface area contributed by atoms with Gasteiger partial charge in [-0.15, -0.1) is 0 Å². The Balaban J connectivity index is 1.75. The van der Waals surface area contributed by atoms with E-state index in [9.17, 15) is 18.0 Å². The minimum Gasteiger partial charge on any atom is -0.495 e. The molecule has 1 saturated heterocycles. The number of nitrogens with zero attached hydrogens (tertiary/aromatic N) is 2. The van der Waals surface area contributed by atoms with E-state index < -0.39 is 10.0 Å². The first-order chi connectivity index (χ1) is 15.2. The van der Waals surface area contributed by atoms with Crippen molar-refractivity contribution >= 4 is 44.9 Å². The van der Waals surface area contributed by atoms with E-state index >= 15 is 0 Å². The molecule has 1 heterocycles. The molecule has 2 aromatic rings. The predicted molar refractivity (Wildman–Crippen MR) is 123 cm³/mol. The first kappa shape index (κ1) is 23.8. The maximum absolute atomic E-state index is 13.4. The number of benzene rings is 2. The molecular weight excluding hydrogens is 456 g/mol. The van der Waals surface area contributed by atoms with Gasteiger partial charge in [0, 0.05) is 49.5 Å². The summed E-state index contributed by atoms with van der Waals surface area (Å²) in [5.74, 6) is -0.131. The molecule has 0 bridgehead atoms. The van der Waals surface area contributed by atoms with Crippen LogP contribution in [0.5, 0.6) is 5.75 Å². The second-order valence-electron chi connectivity index (χ2n) is 7.23. The van der Waals surface area contributed by atoms with Crippen LogP contribution in [-0.2, 0) is 14.8 Å². The van der Waals surface area contributed by atoms with Gasteiger partial charge in [0.05, 0.1) is 7.11 Å². The zero-order valence-corrected chi connectivity index (χ0v) is 19.4. The number of carbonyl (C=O) groups excluding carboxylic acids is 2. The monoisotopic (exact) mass is 480 g/mol. The molecule has 0 atom stereocenters. The van der Waals surface area contributed by atoms with Crippen LogP contribution in [0.1, 0.15) is 13.3 Å². The number of rotatable bonds is 5. The predicted octanol–water partition coefficient (Wildman–Crippen LogP) is 3.24. The van der Waals surface area contributed by atoms with Crippen molar-refractivity contribution < 1.29 is 22.7 Å². The Labute approximate surface area is 192 Å². The molecule has 172 valence electrons. The molecule has 2 N–H and O–H groups in total. The number of ether oxygens (including phenoxy) is 1. The highest BCUT2D eigenvalue weighted by atomic mass is 35.5. The molecule has 9 nitrogen and oxygen atoms in total. The van der Waals surface area contributed by atoms with Crippen LogP contribution in [0.3, 0.4) is 0 Å². The quantitative estimate of drug-likeness (QED) is 0.683. The Bertz CT molecular complexity index is 1110. The van der Waals surface area contributed by atoms with E-state index in [0.29, 0.717) is 29.4 Å². The molecule has 2 aromatic carbocycles. The van der Waals surface area contributed by atoms with Gasteiger partial charge in [-0.25, -0.2) is 13.2 Å². The third kappa shape index (κ3) is 5.70. The van der Waals surface area contributed by atoms with Crippen molar-refractivity contribution in [2.75, 3.05) is 43.9 Å². The lowest BCUT2D eigenvalue weighted by Crippen LogP contribution is -2.39. The van der Waals surface area contributed by atoms with E-state index in [1.54, 1.807) is 35.2 Å². The van der Waals surface area contributed by atoms with Crippen LogP contribution < -0.4 is 15.4 Å². The van der Waals surface area contributed by atoms with Gasteiger partial charge in [0.15, 0.2) is 0 Å². The smallest absolute Gasteiger partial charge is 0.321 e. The summed E-state index contributed by atoms with van der Waals surface area (Å²) in [7, 11) is -2.53. The number of methoxy groups -OCH3 is 1. The number of anilines is 2. The van der Waals surface area contributed by atoms with E-state index in [4.69, 9.17) is 16.3 Å². The highest BCUT2D eigenvalue weighted by molar-refractivity contribution is 7.89. The summed E-state index contributed by atoms with van der Waals surface area (Å²) in [5, 5.41) is 5.87. The Kier molecular flexibility index (Phi) is 7.60. The summed E-state index contributed by atoms with van der Waals surface area (Å²) >= 11 is 5.96. The van der Waals surface area contributed by atoms with Crippen molar-refractivity contribution in [3.8, 4) is 5.75 Å². The van der Waals surface area contributed by atoms with Crippen LogP contribution >= 0.6 is 11.6 Å². The second kappa shape index (κ2) is 10.2. The fraction of sp³-hybridized carbons (Fsp3) is 0.333. The first-order valence-electron chi connectivity index (χ1n) is 9.98. The maximum atomic E-state index is 13.4. The topological polar surface area (TPSA) is 108 Å². The fourth-order valence-electron chi connectivity index (χ4n) is 3.40. The molecule has 0 unspecified atom stereocenters. The highest BCUT2D eigenvalue weighted by Crippen LogP contribution is 2.30. The fourth-order valence-corrected chi connectivity index (χ4v) is 5.25. The molecule has 32 heavy (non-hydrogen) atoms. The lowest BCUT2D eigenvalue weighted by molar-refractivity contribution is -0.114. The Morgan fingerprint density at radius 3 is 2.44 bits per heavy atom. The lowest BCUT2D eigenvalue weighted by atomic mass is 10.3. The van der Waals surface area contributed by atoms with Gasteiger partial charge < -0.3 is 20.3 Å². The van der Waals surface area contributed by atoms with Crippen LogP contribution in [0.4, 0.5) is 16.2 Å². The Morgan fingerprint density at radius 2 is 1.75 bits per heavy atom. The van der Waals surface area contributed by atoms with E-state index in [0.717, 1.165) is 0 Å². The van der Waals surface area contributed by atoms with Crippen molar-refractivity contribution in [2.24, 2.45) is 0 Å². The minimum atomic E-state index is -3.92. The molecule has 3 rings (SSSR count). The average molecular weight is 481 g/mol. The molecule has 1 aliphatic heterocycles. The number of carbonyl (C=O) groups is 2. The van der Waals surface area contributed by atoms with Crippen molar-refractivity contribution in [1.82, 2.24) is 9.21 Å². The number of hydrogen-bond donors (Lipinski definition) is 2. The zero-order chi connectivity index (χ0) is 23.3. The number of nitrogens with one attached hydrogen (secondary N) is 2. The van der Waals surface area contributed by atoms with E-state index in [2.05, 4.69) is 10.6 Å². The summed E-state index contributed by atoms with van der Waals surface area (Å²) in [6.07, 6.45) is 0.468. The van der Waals surface area contributed by atoms with Gasteiger partial charge in [-0.3, -0.25) is 4.79 Å². The number of halogens is 1. The third-order valence-electron chi connectivity index (χ3n) is 4.92. The summed E-state index contributed by atoms with van der Waals surface area (Å²) in [6, 6.07) is 10.9. The van der Waals surface area contributed by atoms with Crippen molar-refractivity contribution in [1.29, 1.82) is 0 Å². The van der Waals surface area contributed by atoms with E-state index in [1.807, 2.05) is 0 Å². The van der Waals surface area contributed by atoms with Crippen molar-refractivity contribution in [2.45, 2.75) is 18.2 Å². The van der Waals surface area contributed by atoms with Crippen LogP contribution in [0.25, 0.3) is 0 Å². The van der Waals surface area contributed by atoms with Crippen molar-refractivity contribution in [3.63, 3.8) is 0 Å². The largest absolute Gasteiger partial charge is 0.495 e. The summed E-state index contributed by atoms with van der Waals surface area (Å²) < 4.78 is 33.3. The molecule has 0 saturated carbocycles. The molecule has 11 heteroatoms. The highest BCUT2D eigenvalue weighted by Gasteiger charge is 2.31. The Hall–Kier alpha value is -2.82. The van der Waals surface area contributed by atoms with Gasteiger partial charge in [0.25, 0.3) is 0 Å². The summed E-state index contributed by atoms with van der Waals surface area (Å²) in [5.41, 5.74) is 0.921. The number of hydrogen-bond acceptors (Lipinski definition) is 5. The lowest BCUT2D eigenvalue weighted by Gasteiger charge is -2.23. The molecule has 0 aromatic heterocycles. The standard InChI is InChI=1S/C21H25ClN4O5S/c1-15(27)23-18-7-8-19(31-2)20(14-18)32(29,30)26-10-4-9-25(11-12-26)21(28)24-17-6-3-5-16(22)13-17/h3,5-8,13-14H,4,9-12H2,1-2H3,(H,23,27)(H,24,28). The molecule has 0 spiro atoms. The molecule has 1 aliphatic rings. The molecular formula is C21H25ClN4O5S. The SMILES string of the molecule is COc1ccc(NC(C)=O)cc1S(=O)(=O)N1CCCN(C(=O)Nc2cccc(Cl)c2)CC1.